The first kappa shape index (κ1) is 17.2. The third-order valence-corrected chi connectivity index (χ3v) is 5.52. The largest absolute Gasteiger partial charge is 0.465 e. The van der Waals surface area contributed by atoms with E-state index in [0.717, 1.165) is 21.0 Å². The molecule has 134 valence electrons. The van der Waals surface area contributed by atoms with Gasteiger partial charge in [-0.25, -0.2) is 4.79 Å². The van der Waals surface area contributed by atoms with E-state index >= 15 is 0 Å². The molecule has 0 aliphatic carbocycles. The number of nitrogens with zero attached hydrogens (tertiary/aromatic N) is 2. The Balaban J connectivity index is 1.77. The van der Waals surface area contributed by atoms with Crippen molar-refractivity contribution in [2.24, 2.45) is 12.0 Å². The van der Waals surface area contributed by atoms with Crippen LogP contribution >= 0.6 is 11.3 Å². The van der Waals surface area contributed by atoms with Crippen LogP contribution in [0.3, 0.4) is 0 Å². The van der Waals surface area contributed by atoms with Gasteiger partial charge in [-0.2, -0.15) is 4.99 Å². The van der Waals surface area contributed by atoms with E-state index in [2.05, 4.69) is 4.99 Å². The Morgan fingerprint density at radius 3 is 2.48 bits per heavy atom. The Bertz CT molecular complexity index is 1270. The van der Waals surface area contributed by atoms with Gasteiger partial charge in [0.25, 0.3) is 5.91 Å². The van der Waals surface area contributed by atoms with Crippen LogP contribution in [0, 0.1) is 0 Å². The summed E-state index contributed by atoms with van der Waals surface area (Å²) in [7, 11) is 3.20. The van der Waals surface area contributed by atoms with Crippen molar-refractivity contribution in [2.45, 2.75) is 0 Å². The molecular formula is C21H16N2O3S. The lowest BCUT2D eigenvalue weighted by atomic mass is 10.1. The summed E-state index contributed by atoms with van der Waals surface area (Å²) in [6, 6.07) is 18.7. The zero-order valence-corrected chi connectivity index (χ0v) is 15.6. The van der Waals surface area contributed by atoms with Crippen LogP contribution in [0.2, 0.25) is 0 Å². The minimum atomic E-state index is -0.390. The van der Waals surface area contributed by atoms with Crippen molar-refractivity contribution in [2.75, 3.05) is 7.11 Å². The maximum absolute atomic E-state index is 12.7. The monoisotopic (exact) mass is 376 g/mol. The molecule has 3 aromatic carbocycles. The van der Waals surface area contributed by atoms with Gasteiger partial charge in [-0.3, -0.25) is 4.79 Å². The van der Waals surface area contributed by atoms with Gasteiger partial charge in [-0.05, 0) is 41.1 Å². The van der Waals surface area contributed by atoms with Gasteiger partial charge < -0.3 is 9.30 Å². The van der Waals surface area contributed by atoms with E-state index in [4.69, 9.17) is 4.74 Å². The zero-order chi connectivity index (χ0) is 19.0. The zero-order valence-electron chi connectivity index (χ0n) is 14.8. The number of amides is 1. The fraction of sp³-hybridized carbons (Fsp3) is 0.0952. The summed E-state index contributed by atoms with van der Waals surface area (Å²) in [6.45, 7) is 0. The van der Waals surface area contributed by atoms with Crippen LogP contribution < -0.4 is 4.80 Å². The van der Waals surface area contributed by atoms with Gasteiger partial charge >= 0.3 is 5.97 Å². The number of benzene rings is 3. The second kappa shape index (κ2) is 6.81. The van der Waals surface area contributed by atoms with Crippen LogP contribution in [0.15, 0.2) is 65.7 Å². The number of thiazole rings is 1. The lowest BCUT2D eigenvalue weighted by molar-refractivity contribution is 0.0601. The van der Waals surface area contributed by atoms with E-state index in [1.165, 1.54) is 18.4 Å². The normalized spacial score (nSPS) is 11.9. The summed E-state index contributed by atoms with van der Waals surface area (Å²) in [6.07, 6.45) is 0. The topological polar surface area (TPSA) is 60.7 Å². The summed E-state index contributed by atoms with van der Waals surface area (Å²) >= 11 is 1.36. The second-order valence-electron chi connectivity index (χ2n) is 6.10. The highest BCUT2D eigenvalue weighted by Gasteiger charge is 2.11. The molecule has 0 saturated carbocycles. The first-order valence-electron chi connectivity index (χ1n) is 8.32. The molecule has 0 fully saturated rings. The first-order valence-corrected chi connectivity index (χ1v) is 9.14. The maximum Gasteiger partial charge on any atom is 0.337 e. The molecule has 5 nitrogen and oxygen atoms in total. The third kappa shape index (κ3) is 3.15. The molecule has 6 heteroatoms. The van der Waals surface area contributed by atoms with E-state index in [1.54, 1.807) is 18.2 Å². The summed E-state index contributed by atoms with van der Waals surface area (Å²) in [5.41, 5.74) is 1.92. The van der Waals surface area contributed by atoms with Crippen molar-refractivity contribution in [3.05, 3.63) is 76.6 Å². The molecule has 1 aromatic heterocycles. The average molecular weight is 376 g/mol. The van der Waals surface area contributed by atoms with Crippen molar-refractivity contribution in [3.63, 3.8) is 0 Å². The van der Waals surface area contributed by atoms with E-state index in [0.29, 0.717) is 15.9 Å². The number of ether oxygens (including phenoxy) is 1. The van der Waals surface area contributed by atoms with Crippen molar-refractivity contribution in [1.82, 2.24) is 4.57 Å². The molecule has 0 radical (unpaired) electrons. The highest BCUT2D eigenvalue weighted by Crippen LogP contribution is 2.20. The fourth-order valence-electron chi connectivity index (χ4n) is 2.96. The van der Waals surface area contributed by atoms with Crippen molar-refractivity contribution >= 4 is 44.2 Å². The molecule has 0 aliphatic heterocycles. The number of fused-ring (bicyclic) bond motifs is 2. The summed E-state index contributed by atoms with van der Waals surface area (Å²) in [4.78, 5) is 29.2. The highest BCUT2D eigenvalue weighted by atomic mass is 32.1. The number of aromatic nitrogens is 1. The molecule has 0 unspecified atom stereocenters. The predicted octanol–water partition coefficient (Wildman–Crippen LogP) is 3.92. The third-order valence-electron chi connectivity index (χ3n) is 4.42. The van der Waals surface area contributed by atoms with Crippen molar-refractivity contribution in [1.29, 1.82) is 0 Å². The van der Waals surface area contributed by atoms with Crippen LogP contribution in [0.5, 0.6) is 0 Å². The maximum atomic E-state index is 12.7. The molecule has 0 atom stereocenters. The summed E-state index contributed by atoms with van der Waals surface area (Å²) in [5, 5.41) is 2.08. The highest BCUT2D eigenvalue weighted by molar-refractivity contribution is 7.16. The Morgan fingerprint density at radius 2 is 1.70 bits per heavy atom. The summed E-state index contributed by atoms with van der Waals surface area (Å²) < 4.78 is 7.47. The Morgan fingerprint density at radius 1 is 0.963 bits per heavy atom. The van der Waals surface area contributed by atoms with Crippen LogP contribution in [0.1, 0.15) is 20.7 Å². The van der Waals surface area contributed by atoms with Gasteiger partial charge in [0, 0.05) is 12.6 Å². The van der Waals surface area contributed by atoms with Crippen LogP contribution in [0.4, 0.5) is 0 Å². The minimum Gasteiger partial charge on any atom is -0.465 e. The molecule has 0 aliphatic rings. The smallest absolute Gasteiger partial charge is 0.337 e. The number of carbonyl (C=O) groups is 2. The first-order chi connectivity index (χ1) is 13.1. The van der Waals surface area contributed by atoms with E-state index in [1.807, 2.05) is 54.1 Å². The molecule has 0 bridgehead atoms. The molecule has 27 heavy (non-hydrogen) atoms. The van der Waals surface area contributed by atoms with Crippen molar-refractivity contribution < 1.29 is 14.3 Å². The van der Waals surface area contributed by atoms with Crippen LogP contribution in [-0.4, -0.2) is 23.6 Å². The quantitative estimate of drug-likeness (QED) is 0.498. The molecule has 0 saturated heterocycles. The fourth-order valence-corrected chi connectivity index (χ4v) is 4.02. The molecule has 0 spiro atoms. The Hall–Kier alpha value is -3.25. The number of carbonyl (C=O) groups excluding carboxylic acids is 2. The number of methoxy groups -OCH3 is 1. The Labute approximate surface area is 159 Å². The second-order valence-corrected chi connectivity index (χ2v) is 7.11. The molecule has 4 aromatic rings. The van der Waals surface area contributed by atoms with Crippen LogP contribution in [0.25, 0.3) is 21.0 Å². The average Bonchev–Trinajstić information content (AvgIpc) is 3.01. The number of esters is 1. The molecule has 4 rings (SSSR count). The molecule has 0 N–H and O–H groups in total. The molecule has 1 amide bonds. The number of rotatable bonds is 2. The number of hydrogen-bond donors (Lipinski definition) is 0. The van der Waals surface area contributed by atoms with E-state index < -0.39 is 5.97 Å². The lowest BCUT2D eigenvalue weighted by Gasteiger charge is -2.00. The Kier molecular flexibility index (Phi) is 4.33. The van der Waals surface area contributed by atoms with Gasteiger partial charge in [0.15, 0.2) is 4.80 Å². The minimum absolute atomic E-state index is 0.295. The summed E-state index contributed by atoms with van der Waals surface area (Å²) in [5.74, 6) is -0.685. The number of aryl methyl sites for hydroxylation is 1. The van der Waals surface area contributed by atoms with Gasteiger partial charge in [0.05, 0.1) is 22.9 Å². The van der Waals surface area contributed by atoms with Gasteiger partial charge in [0.2, 0.25) is 0 Å². The van der Waals surface area contributed by atoms with Gasteiger partial charge in [-0.15, -0.1) is 0 Å². The molecule has 1 heterocycles. The van der Waals surface area contributed by atoms with Crippen LogP contribution in [-0.2, 0) is 11.8 Å². The predicted molar refractivity (Wildman–Crippen MR) is 106 cm³/mol. The number of hydrogen-bond acceptors (Lipinski definition) is 4. The van der Waals surface area contributed by atoms with E-state index in [9.17, 15) is 9.59 Å². The molecular weight excluding hydrogens is 360 g/mol. The van der Waals surface area contributed by atoms with Crippen molar-refractivity contribution in [3.8, 4) is 0 Å². The van der Waals surface area contributed by atoms with E-state index in [-0.39, 0.29) is 5.91 Å². The van der Waals surface area contributed by atoms with Gasteiger partial charge in [0.1, 0.15) is 0 Å². The SMILES string of the molecule is COC(=O)c1ccc2c(c1)sc(=NC(=O)c1ccc3ccccc3c1)n2C. The van der Waals surface area contributed by atoms with Gasteiger partial charge in [-0.1, -0.05) is 41.7 Å². The lowest BCUT2D eigenvalue weighted by Crippen LogP contribution is -2.13. The standard InChI is InChI=1S/C21H16N2O3S/c1-23-17-10-9-16(20(25)26-2)12-18(17)27-21(23)22-19(24)15-8-7-13-5-3-4-6-14(13)11-15/h3-12H,1-2H3.